The molecule has 1 heterocycles. The first-order valence-corrected chi connectivity index (χ1v) is 3.38. The van der Waals surface area contributed by atoms with Gasteiger partial charge >= 0.3 is 27.7 Å². The first-order valence-electron chi connectivity index (χ1n) is 3.38. The fourth-order valence-corrected chi connectivity index (χ4v) is 1.05. The average Bonchev–Trinajstić information content (AvgIpc) is 2.19. The predicted octanol–water partition coefficient (Wildman–Crippen LogP) is -1.22. The van der Waals surface area contributed by atoms with Crippen molar-refractivity contribution in [3.63, 3.8) is 0 Å². The molecule has 0 unspecified atom stereocenters. The molecule has 1 aliphatic rings. The zero-order valence-corrected chi connectivity index (χ0v) is 13.6. The molecule has 0 amide bonds. The van der Waals surface area contributed by atoms with E-state index in [1.54, 1.807) is 0 Å². The first-order chi connectivity index (χ1) is 3.93. The van der Waals surface area contributed by atoms with E-state index in [1.807, 2.05) is 0 Å². The molecule has 0 aromatic heterocycles. The van der Waals surface area contributed by atoms with E-state index in [0.29, 0.717) is 6.10 Å². The van der Waals surface area contributed by atoms with E-state index in [1.165, 1.54) is 12.8 Å². The predicted molar refractivity (Wildman–Crippen MR) is 33.6 cm³/mol. The van der Waals surface area contributed by atoms with Gasteiger partial charge < -0.3 is 21.7 Å². The molecule has 0 aromatic rings. The molecule has 0 spiro atoms. The molecule has 0 bridgehead atoms. The minimum Gasteiger partial charge on any atom is -1.00 e. The molecule has 1 saturated heterocycles. The maximum atomic E-state index is 5.34. The van der Waals surface area contributed by atoms with Gasteiger partial charge in [0, 0.05) is 6.61 Å². The van der Waals surface area contributed by atoms with Crippen LogP contribution in [0.5, 0.6) is 0 Å². The van der Waals surface area contributed by atoms with Gasteiger partial charge in [0.2, 0.25) is 0 Å². The molecule has 0 aliphatic carbocycles. The van der Waals surface area contributed by atoms with Crippen molar-refractivity contribution in [2.45, 2.75) is 32.3 Å². The summed E-state index contributed by atoms with van der Waals surface area (Å²) >= 11 is 0. The zero-order valence-electron chi connectivity index (χ0n) is 6.48. The standard InChI is InChI=1S/C7H13O.BrH.Hg/c1-2-4-7-5-3-6-8-7;;/h4,7H,2-3,5-6H2,1H3;1H;/q;;+1/p-1/t7-;;/m1../s1. The molecule has 10 heavy (non-hydrogen) atoms. The molecule has 1 atom stereocenters. The fraction of sp³-hybridized carbons (Fsp3) is 0.857. The van der Waals surface area contributed by atoms with Crippen LogP contribution in [0.2, 0.25) is 0 Å². The Balaban J connectivity index is 0. The van der Waals surface area contributed by atoms with Gasteiger partial charge in [-0.05, 0) is 19.3 Å². The second kappa shape index (κ2) is 8.47. The summed E-state index contributed by atoms with van der Waals surface area (Å²) in [5.41, 5.74) is 0. The Morgan fingerprint density at radius 1 is 1.60 bits per heavy atom. The van der Waals surface area contributed by atoms with Crippen LogP contribution in [0.1, 0.15) is 26.2 Å². The summed E-state index contributed by atoms with van der Waals surface area (Å²) < 4.78 is 5.34. The SMILES string of the molecule is CC[CH][C@@H]1CCCO1.[Br-].[Hg+]. The minimum absolute atomic E-state index is 0. The normalized spacial score (nSPS) is 23.1. The topological polar surface area (TPSA) is 9.23 Å². The number of halogens is 1. The third-order valence-corrected chi connectivity index (χ3v) is 1.46. The summed E-state index contributed by atoms with van der Waals surface area (Å²) in [7, 11) is 0. The monoisotopic (exact) mass is 394 g/mol. The number of hydrogen-bond acceptors (Lipinski definition) is 1. The molecular formula is C7H13BrHgO. The quantitative estimate of drug-likeness (QED) is 0.535. The van der Waals surface area contributed by atoms with E-state index in [0.717, 1.165) is 13.0 Å². The maximum absolute atomic E-state index is 5.34. The third-order valence-electron chi connectivity index (χ3n) is 1.46. The minimum atomic E-state index is 0. The van der Waals surface area contributed by atoms with E-state index in [-0.39, 0.29) is 44.7 Å². The van der Waals surface area contributed by atoms with E-state index in [2.05, 4.69) is 13.3 Å². The number of ether oxygens (including phenoxy) is 1. The zero-order chi connectivity index (χ0) is 5.82. The summed E-state index contributed by atoms with van der Waals surface area (Å²) in [4.78, 5) is 0. The summed E-state index contributed by atoms with van der Waals surface area (Å²) in [5, 5.41) is 0. The van der Waals surface area contributed by atoms with Crippen molar-refractivity contribution in [3.05, 3.63) is 6.42 Å². The molecule has 1 fully saturated rings. The Kier molecular flexibility index (Phi) is 11.8. The van der Waals surface area contributed by atoms with Crippen LogP contribution in [-0.2, 0) is 32.4 Å². The van der Waals surface area contributed by atoms with Crippen LogP contribution in [0.15, 0.2) is 0 Å². The van der Waals surface area contributed by atoms with Crippen molar-refractivity contribution in [1.29, 1.82) is 0 Å². The molecule has 3 heteroatoms. The van der Waals surface area contributed by atoms with E-state index in [9.17, 15) is 0 Å². The summed E-state index contributed by atoms with van der Waals surface area (Å²) in [6.07, 6.45) is 6.37. The van der Waals surface area contributed by atoms with Crippen molar-refractivity contribution in [1.82, 2.24) is 0 Å². The van der Waals surface area contributed by atoms with Crippen molar-refractivity contribution in [2.24, 2.45) is 0 Å². The van der Waals surface area contributed by atoms with Crippen molar-refractivity contribution < 1.29 is 49.4 Å². The van der Waals surface area contributed by atoms with E-state index >= 15 is 0 Å². The number of hydrogen-bond donors (Lipinski definition) is 0. The Labute approximate surface area is 94.2 Å². The Morgan fingerprint density at radius 3 is 2.70 bits per heavy atom. The van der Waals surface area contributed by atoms with Gasteiger partial charge in [-0.3, -0.25) is 0 Å². The van der Waals surface area contributed by atoms with Gasteiger partial charge in [-0.2, -0.15) is 0 Å². The molecule has 1 rings (SSSR count). The van der Waals surface area contributed by atoms with Crippen molar-refractivity contribution in [2.75, 3.05) is 6.61 Å². The van der Waals surface area contributed by atoms with Crippen LogP contribution in [0.4, 0.5) is 0 Å². The first kappa shape index (κ1) is 13.9. The van der Waals surface area contributed by atoms with Gasteiger partial charge in [-0.15, -0.1) is 0 Å². The summed E-state index contributed by atoms with van der Waals surface area (Å²) in [6.45, 7) is 3.13. The largest absolute Gasteiger partial charge is 1.00 e. The van der Waals surface area contributed by atoms with Crippen LogP contribution in [0.25, 0.3) is 0 Å². The van der Waals surface area contributed by atoms with Crippen LogP contribution < -0.4 is 17.0 Å². The third kappa shape index (κ3) is 5.08. The summed E-state index contributed by atoms with van der Waals surface area (Å²) in [5.74, 6) is 0. The molecule has 2 radical (unpaired) electrons. The molecule has 0 saturated carbocycles. The second-order valence-corrected chi connectivity index (χ2v) is 2.20. The molecular weight excluding hydrogens is 381 g/mol. The van der Waals surface area contributed by atoms with Gasteiger partial charge in [-0.25, -0.2) is 0 Å². The van der Waals surface area contributed by atoms with Crippen LogP contribution in [0, 0.1) is 6.42 Å². The fourth-order valence-electron chi connectivity index (χ4n) is 1.05. The van der Waals surface area contributed by atoms with Crippen LogP contribution in [0.3, 0.4) is 0 Å². The molecule has 1 nitrogen and oxygen atoms in total. The Bertz CT molecular complexity index is 64.6. The van der Waals surface area contributed by atoms with Gasteiger partial charge in [0.1, 0.15) is 0 Å². The van der Waals surface area contributed by atoms with Crippen LogP contribution >= 0.6 is 0 Å². The molecule has 56 valence electrons. The average molecular weight is 394 g/mol. The molecule has 0 aromatic carbocycles. The second-order valence-electron chi connectivity index (χ2n) is 2.20. The molecule has 1 aliphatic heterocycles. The van der Waals surface area contributed by atoms with Gasteiger partial charge in [0.05, 0.1) is 6.10 Å². The number of rotatable bonds is 2. The molecule has 0 N–H and O–H groups in total. The van der Waals surface area contributed by atoms with Gasteiger partial charge in [-0.1, -0.05) is 13.3 Å². The van der Waals surface area contributed by atoms with Gasteiger partial charge in [0.25, 0.3) is 0 Å². The van der Waals surface area contributed by atoms with Crippen molar-refractivity contribution >= 4 is 0 Å². The Hall–Kier alpha value is 1.38. The maximum Gasteiger partial charge on any atom is 1.00 e. The van der Waals surface area contributed by atoms with Crippen molar-refractivity contribution in [3.8, 4) is 0 Å². The van der Waals surface area contributed by atoms with Crippen LogP contribution in [-0.4, -0.2) is 12.7 Å². The summed E-state index contributed by atoms with van der Waals surface area (Å²) in [6, 6.07) is 0. The van der Waals surface area contributed by atoms with E-state index < -0.39 is 0 Å². The Morgan fingerprint density at radius 2 is 2.30 bits per heavy atom. The van der Waals surface area contributed by atoms with Gasteiger partial charge in [0.15, 0.2) is 0 Å². The van der Waals surface area contributed by atoms with E-state index in [4.69, 9.17) is 4.74 Å². The smallest absolute Gasteiger partial charge is 1.00 e.